The third-order valence-electron chi connectivity index (χ3n) is 4.02. The van der Waals surface area contributed by atoms with Crippen LogP contribution in [0, 0.1) is 5.92 Å². The first kappa shape index (κ1) is 12.7. The van der Waals surface area contributed by atoms with Crippen molar-refractivity contribution >= 4 is 0 Å². The second kappa shape index (κ2) is 6.83. The van der Waals surface area contributed by atoms with E-state index in [4.69, 9.17) is 0 Å². The number of aryl methyl sites for hydroxylation is 1. The van der Waals surface area contributed by atoms with Gasteiger partial charge in [0, 0.05) is 12.7 Å². The molecule has 1 aromatic heterocycles. The monoisotopic (exact) mass is 234 g/mol. The lowest BCUT2D eigenvalue weighted by Crippen LogP contribution is -2.05. The highest BCUT2D eigenvalue weighted by molar-refractivity contribution is 4.98. The summed E-state index contributed by atoms with van der Waals surface area (Å²) in [4.78, 5) is 4.52. The predicted octanol–water partition coefficient (Wildman–Crippen LogP) is 4.20. The van der Waals surface area contributed by atoms with E-state index in [-0.39, 0.29) is 0 Å². The highest BCUT2D eigenvalue weighted by Gasteiger charge is 2.12. The molecule has 1 saturated carbocycles. The number of aromatic nitrogens is 2. The molecule has 0 N–H and O–H groups in total. The predicted molar refractivity (Wildman–Crippen MR) is 72.0 cm³/mol. The molecule has 1 aromatic rings. The fourth-order valence-electron chi connectivity index (χ4n) is 2.90. The molecule has 2 nitrogen and oxygen atoms in total. The maximum absolute atomic E-state index is 4.52. The van der Waals surface area contributed by atoms with Crippen LogP contribution in [-0.2, 0) is 13.0 Å². The molecule has 0 amide bonds. The van der Waals surface area contributed by atoms with Crippen LogP contribution < -0.4 is 0 Å². The molecule has 0 unspecified atom stereocenters. The molecule has 2 rings (SSSR count). The van der Waals surface area contributed by atoms with Crippen molar-refractivity contribution in [3.05, 3.63) is 18.2 Å². The Morgan fingerprint density at radius 1 is 1.12 bits per heavy atom. The molecule has 1 aliphatic carbocycles. The van der Waals surface area contributed by atoms with Gasteiger partial charge in [-0.1, -0.05) is 51.4 Å². The van der Waals surface area contributed by atoms with Gasteiger partial charge in [0.1, 0.15) is 0 Å². The van der Waals surface area contributed by atoms with Crippen LogP contribution in [0.5, 0.6) is 0 Å². The van der Waals surface area contributed by atoms with Crippen molar-refractivity contribution in [2.24, 2.45) is 5.92 Å². The Balaban J connectivity index is 1.86. The van der Waals surface area contributed by atoms with Crippen molar-refractivity contribution in [1.29, 1.82) is 0 Å². The van der Waals surface area contributed by atoms with Crippen LogP contribution in [0.15, 0.2) is 12.5 Å². The van der Waals surface area contributed by atoms with E-state index in [2.05, 4.69) is 22.7 Å². The Kier molecular flexibility index (Phi) is 5.08. The molecule has 1 heterocycles. The normalized spacial score (nSPS) is 19.6. The zero-order chi connectivity index (χ0) is 11.9. The fourth-order valence-corrected chi connectivity index (χ4v) is 2.90. The molecule has 17 heavy (non-hydrogen) atoms. The van der Waals surface area contributed by atoms with E-state index >= 15 is 0 Å². The Morgan fingerprint density at radius 3 is 2.35 bits per heavy atom. The molecule has 0 aromatic carbocycles. The van der Waals surface area contributed by atoms with Crippen LogP contribution in [0.4, 0.5) is 0 Å². The van der Waals surface area contributed by atoms with Crippen molar-refractivity contribution in [3.63, 3.8) is 0 Å². The van der Waals surface area contributed by atoms with Gasteiger partial charge in [-0.15, -0.1) is 0 Å². The van der Waals surface area contributed by atoms with Crippen LogP contribution >= 0.6 is 0 Å². The zero-order valence-corrected chi connectivity index (χ0v) is 11.2. The minimum atomic E-state index is 0.883. The average molecular weight is 234 g/mol. The summed E-state index contributed by atoms with van der Waals surface area (Å²) in [5.74, 6) is 0.883. The first-order valence-corrected chi connectivity index (χ1v) is 7.39. The first-order valence-electron chi connectivity index (χ1n) is 7.39. The summed E-state index contributed by atoms with van der Waals surface area (Å²) in [5, 5.41) is 0. The van der Waals surface area contributed by atoms with E-state index in [1.165, 1.54) is 63.5 Å². The number of imidazole rings is 1. The molecular formula is C15H26N2. The van der Waals surface area contributed by atoms with Gasteiger partial charge in [0.25, 0.3) is 0 Å². The van der Waals surface area contributed by atoms with Gasteiger partial charge >= 0.3 is 0 Å². The Bertz CT molecular complexity index is 306. The molecule has 0 radical (unpaired) electrons. The summed E-state index contributed by atoms with van der Waals surface area (Å²) in [6, 6.07) is 0. The topological polar surface area (TPSA) is 17.8 Å². The zero-order valence-electron chi connectivity index (χ0n) is 11.2. The highest BCUT2D eigenvalue weighted by Crippen LogP contribution is 2.24. The summed E-state index contributed by atoms with van der Waals surface area (Å²) in [5.41, 5.74) is 1.30. The standard InChI is InChI=1S/C15H26N2/c1-2-17-12-15(16-13-17)11-14-9-7-5-3-4-6-8-10-14/h12-14H,2-11H2,1H3. The minimum Gasteiger partial charge on any atom is -0.337 e. The smallest absolute Gasteiger partial charge is 0.0949 e. The molecule has 96 valence electrons. The van der Waals surface area contributed by atoms with Crippen molar-refractivity contribution in [3.8, 4) is 0 Å². The summed E-state index contributed by atoms with van der Waals surface area (Å²) in [6.45, 7) is 3.21. The molecule has 1 fully saturated rings. The number of hydrogen-bond donors (Lipinski definition) is 0. The number of hydrogen-bond acceptors (Lipinski definition) is 1. The van der Waals surface area contributed by atoms with Crippen LogP contribution in [0.2, 0.25) is 0 Å². The number of nitrogens with zero attached hydrogens (tertiary/aromatic N) is 2. The van der Waals surface area contributed by atoms with E-state index in [9.17, 15) is 0 Å². The van der Waals surface area contributed by atoms with Gasteiger partial charge in [0.05, 0.1) is 12.0 Å². The van der Waals surface area contributed by atoms with Gasteiger partial charge in [-0.3, -0.25) is 0 Å². The van der Waals surface area contributed by atoms with E-state index < -0.39 is 0 Å². The lowest BCUT2D eigenvalue weighted by atomic mass is 9.92. The summed E-state index contributed by atoms with van der Waals surface area (Å²) in [7, 11) is 0. The number of rotatable bonds is 3. The molecular weight excluding hydrogens is 208 g/mol. The second-order valence-corrected chi connectivity index (χ2v) is 5.46. The molecule has 0 bridgehead atoms. The molecule has 0 saturated heterocycles. The summed E-state index contributed by atoms with van der Waals surface area (Å²) < 4.78 is 2.18. The average Bonchev–Trinajstić information content (AvgIpc) is 2.82. The van der Waals surface area contributed by atoms with E-state index in [1.54, 1.807) is 0 Å². The lowest BCUT2D eigenvalue weighted by molar-refractivity contribution is 0.422. The largest absolute Gasteiger partial charge is 0.337 e. The molecule has 0 spiro atoms. The van der Waals surface area contributed by atoms with Crippen LogP contribution in [0.1, 0.15) is 64.0 Å². The van der Waals surface area contributed by atoms with Crippen molar-refractivity contribution in [2.45, 2.75) is 71.3 Å². The molecule has 0 aliphatic heterocycles. The van der Waals surface area contributed by atoms with E-state index in [1.807, 2.05) is 6.33 Å². The van der Waals surface area contributed by atoms with E-state index in [0.29, 0.717) is 0 Å². The summed E-state index contributed by atoms with van der Waals surface area (Å²) in [6.07, 6.45) is 16.9. The SMILES string of the molecule is CCn1cnc(CC2CCCCCCCC2)c1. The Hall–Kier alpha value is -0.790. The van der Waals surface area contributed by atoms with E-state index in [0.717, 1.165) is 12.5 Å². The second-order valence-electron chi connectivity index (χ2n) is 5.46. The van der Waals surface area contributed by atoms with Gasteiger partial charge in [-0.2, -0.15) is 0 Å². The minimum absolute atomic E-state index is 0.883. The lowest BCUT2D eigenvalue weighted by Gasteiger charge is -2.14. The van der Waals surface area contributed by atoms with Crippen LogP contribution in [0.3, 0.4) is 0 Å². The van der Waals surface area contributed by atoms with Gasteiger partial charge in [-0.25, -0.2) is 4.98 Å². The molecule has 1 aliphatic rings. The summed E-state index contributed by atoms with van der Waals surface area (Å²) >= 11 is 0. The van der Waals surface area contributed by atoms with Gasteiger partial charge in [0.15, 0.2) is 0 Å². The van der Waals surface area contributed by atoms with Gasteiger partial charge in [-0.05, 0) is 19.3 Å². The van der Waals surface area contributed by atoms with Crippen LogP contribution in [-0.4, -0.2) is 9.55 Å². The maximum Gasteiger partial charge on any atom is 0.0949 e. The third-order valence-corrected chi connectivity index (χ3v) is 4.02. The quantitative estimate of drug-likeness (QED) is 0.766. The van der Waals surface area contributed by atoms with Crippen molar-refractivity contribution in [1.82, 2.24) is 9.55 Å². The van der Waals surface area contributed by atoms with Gasteiger partial charge in [0.2, 0.25) is 0 Å². The highest BCUT2D eigenvalue weighted by atomic mass is 15.0. The van der Waals surface area contributed by atoms with Crippen molar-refractivity contribution < 1.29 is 0 Å². The van der Waals surface area contributed by atoms with Gasteiger partial charge < -0.3 is 4.57 Å². The first-order chi connectivity index (χ1) is 8.38. The molecule has 2 heteroatoms. The third kappa shape index (κ3) is 4.18. The van der Waals surface area contributed by atoms with Crippen molar-refractivity contribution in [2.75, 3.05) is 0 Å². The molecule has 0 atom stereocenters. The Labute approximate surface area is 105 Å². The Morgan fingerprint density at radius 2 is 1.76 bits per heavy atom. The fraction of sp³-hybridized carbons (Fsp3) is 0.800. The van der Waals surface area contributed by atoms with Crippen LogP contribution in [0.25, 0.3) is 0 Å². The maximum atomic E-state index is 4.52.